The fourth-order valence-corrected chi connectivity index (χ4v) is 6.50. The summed E-state index contributed by atoms with van der Waals surface area (Å²) in [5.41, 5.74) is 4.06. The molecular weight excluding hydrogens is 556 g/mol. The highest BCUT2D eigenvalue weighted by molar-refractivity contribution is 6.30. The third-order valence-electron chi connectivity index (χ3n) is 8.49. The first-order valence-electron chi connectivity index (χ1n) is 14.3. The first-order valence-corrected chi connectivity index (χ1v) is 14.7. The van der Waals surface area contributed by atoms with Crippen LogP contribution in [0.25, 0.3) is 32.9 Å². The normalized spacial score (nSPS) is 20.4. The van der Waals surface area contributed by atoms with Crippen molar-refractivity contribution in [3.05, 3.63) is 58.9 Å². The predicted octanol–water partition coefficient (Wildman–Crippen LogP) is 6.16. The number of aromatic nitrogens is 2. The smallest absolute Gasteiger partial charge is 0.407 e. The lowest BCUT2D eigenvalue weighted by Gasteiger charge is -2.36. The van der Waals surface area contributed by atoms with Gasteiger partial charge in [0.15, 0.2) is 0 Å². The van der Waals surface area contributed by atoms with Gasteiger partial charge < -0.3 is 29.4 Å². The molecule has 2 aliphatic heterocycles. The van der Waals surface area contributed by atoms with Crippen molar-refractivity contribution in [1.82, 2.24) is 20.2 Å². The van der Waals surface area contributed by atoms with Crippen LogP contribution in [0.1, 0.15) is 45.5 Å². The van der Waals surface area contributed by atoms with Gasteiger partial charge in [-0.15, -0.1) is 0 Å². The zero-order chi connectivity index (χ0) is 29.8. The van der Waals surface area contributed by atoms with E-state index in [1.54, 1.807) is 4.90 Å². The Hall–Kier alpha value is -3.82. The molecule has 9 nitrogen and oxygen atoms in total. The Bertz CT molecular complexity index is 1700. The average molecular weight is 591 g/mol. The predicted molar refractivity (Wildman–Crippen MR) is 162 cm³/mol. The van der Waals surface area contributed by atoms with Crippen LogP contribution >= 0.6 is 11.6 Å². The number of H-pyrrole nitrogens is 1. The van der Waals surface area contributed by atoms with E-state index in [2.05, 4.69) is 22.4 Å². The van der Waals surface area contributed by atoms with Crippen LogP contribution < -0.4 is 10.1 Å². The lowest BCUT2D eigenvalue weighted by atomic mass is 9.94. The molecule has 3 aromatic carbocycles. The van der Waals surface area contributed by atoms with Gasteiger partial charge in [-0.2, -0.15) is 0 Å². The van der Waals surface area contributed by atoms with Gasteiger partial charge in [0.05, 0.1) is 24.2 Å². The summed E-state index contributed by atoms with van der Waals surface area (Å²) in [6.45, 7) is 9.11. The van der Waals surface area contributed by atoms with E-state index < -0.39 is 17.7 Å². The summed E-state index contributed by atoms with van der Waals surface area (Å²) in [5, 5.41) is 5.40. The van der Waals surface area contributed by atoms with E-state index in [4.69, 9.17) is 30.8 Å². The number of amides is 2. The number of carbonyl (C=O) groups is 2. The van der Waals surface area contributed by atoms with Gasteiger partial charge in [0.1, 0.15) is 29.8 Å². The Morgan fingerprint density at radius 1 is 1.21 bits per heavy atom. The summed E-state index contributed by atoms with van der Waals surface area (Å²) in [5.74, 6) is 1.11. The van der Waals surface area contributed by atoms with Gasteiger partial charge in [-0.25, -0.2) is 9.78 Å². The van der Waals surface area contributed by atoms with Gasteiger partial charge in [-0.3, -0.25) is 4.79 Å². The molecule has 2 amide bonds. The second-order valence-corrected chi connectivity index (χ2v) is 12.0. The molecule has 0 radical (unpaired) electrons. The monoisotopic (exact) mass is 590 g/mol. The molecule has 10 heteroatoms. The molecule has 3 atom stereocenters. The van der Waals surface area contributed by atoms with E-state index in [0.29, 0.717) is 37.0 Å². The second kappa shape index (κ2) is 10.8. The van der Waals surface area contributed by atoms with Crippen LogP contribution in [0.4, 0.5) is 4.79 Å². The minimum atomic E-state index is -0.796. The van der Waals surface area contributed by atoms with Crippen LogP contribution in [0.3, 0.4) is 0 Å². The first kappa shape index (κ1) is 28.3. The second-order valence-electron chi connectivity index (χ2n) is 11.6. The minimum absolute atomic E-state index is 0.154. The summed E-state index contributed by atoms with van der Waals surface area (Å²) >= 11 is 6.23. The van der Waals surface area contributed by atoms with Crippen molar-refractivity contribution in [2.45, 2.75) is 58.4 Å². The van der Waals surface area contributed by atoms with Crippen molar-refractivity contribution in [2.75, 3.05) is 20.3 Å². The Balaban J connectivity index is 1.43. The maximum absolute atomic E-state index is 14.0. The van der Waals surface area contributed by atoms with Crippen LogP contribution in [0.15, 0.2) is 42.5 Å². The van der Waals surface area contributed by atoms with E-state index in [0.717, 1.165) is 44.2 Å². The Labute approximate surface area is 249 Å². The third-order valence-corrected chi connectivity index (χ3v) is 8.72. The van der Waals surface area contributed by atoms with Gasteiger partial charge in [0, 0.05) is 35.5 Å². The number of hydrogen-bond acceptors (Lipinski definition) is 6. The highest BCUT2D eigenvalue weighted by Crippen LogP contribution is 2.44. The molecule has 1 saturated heterocycles. The SMILES string of the molecule is CCO[C@@H]1CN(C(=O)[C@@H](NC(=O)OC)C(C)C)[C@](C)(c2nc3c(ccc4cc5c(cc43)OCc3cc(Cl)ccc3-5)[nH]2)C1. The topological polar surface area (TPSA) is 106 Å². The van der Waals surface area contributed by atoms with Crippen LogP contribution in [-0.4, -0.2) is 59.3 Å². The average Bonchev–Trinajstić information content (AvgIpc) is 3.56. The van der Waals surface area contributed by atoms with E-state index in [1.165, 1.54) is 7.11 Å². The number of ether oxygens (including phenoxy) is 3. The molecule has 0 unspecified atom stereocenters. The van der Waals surface area contributed by atoms with Gasteiger partial charge in [0.2, 0.25) is 5.91 Å². The highest BCUT2D eigenvalue weighted by atomic mass is 35.5. The van der Waals surface area contributed by atoms with Gasteiger partial charge >= 0.3 is 6.09 Å². The Morgan fingerprint density at radius 2 is 2.02 bits per heavy atom. The molecule has 2 aliphatic rings. The number of likely N-dealkylation sites (tertiary alicyclic amines) is 1. The van der Waals surface area contributed by atoms with Crippen LogP contribution in [0.5, 0.6) is 5.75 Å². The molecule has 2 N–H and O–H groups in total. The number of imidazole rings is 1. The summed E-state index contributed by atoms with van der Waals surface area (Å²) in [6, 6.07) is 13.4. The number of benzene rings is 3. The molecule has 0 bridgehead atoms. The summed E-state index contributed by atoms with van der Waals surface area (Å²) in [6.07, 6.45) is -0.254. The molecule has 220 valence electrons. The molecule has 0 spiro atoms. The fraction of sp³-hybridized carbons (Fsp3) is 0.406. The summed E-state index contributed by atoms with van der Waals surface area (Å²) < 4.78 is 17.0. The molecule has 0 saturated carbocycles. The molecule has 42 heavy (non-hydrogen) atoms. The van der Waals surface area contributed by atoms with Crippen molar-refractivity contribution in [3.63, 3.8) is 0 Å². The molecular formula is C32H35ClN4O5. The van der Waals surface area contributed by atoms with Crippen LogP contribution in [0, 0.1) is 5.92 Å². The number of methoxy groups -OCH3 is 1. The maximum atomic E-state index is 14.0. The Morgan fingerprint density at radius 3 is 2.76 bits per heavy atom. The molecule has 1 fully saturated rings. The largest absolute Gasteiger partial charge is 0.488 e. The quantitative estimate of drug-likeness (QED) is 0.278. The number of hydrogen-bond donors (Lipinski definition) is 2. The first-order chi connectivity index (χ1) is 20.1. The number of aromatic amines is 1. The number of nitrogens with one attached hydrogen (secondary N) is 2. The number of rotatable bonds is 6. The summed E-state index contributed by atoms with van der Waals surface area (Å²) in [4.78, 5) is 36.6. The number of alkyl carbamates (subject to hydrolysis) is 1. The number of fused-ring (bicyclic) bond motifs is 6. The fourth-order valence-electron chi connectivity index (χ4n) is 6.31. The zero-order valence-corrected chi connectivity index (χ0v) is 25.2. The summed E-state index contributed by atoms with van der Waals surface area (Å²) in [7, 11) is 1.29. The Kier molecular flexibility index (Phi) is 7.27. The standard InChI is InChI=1S/C32H35ClN4O5/c1-6-41-21-14-32(4,37(15-21)29(38)27(17(2)3)36-31(39)40-5)30-34-25-10-7-18-12-24-22-9-8-20(33)11-19(22)16-42-26(24)13-23(18)28(25)35-30/h7-13,17,21,27H,6,14-16H2,1-5H3,(H,34,35)(H,36,39)/t21-,27-,32-/m0/s1. The van der Waals surface area contributed by atoms with Crippen molar-refractivity contribution in [3.8, 4) is 16.9 Å². The molecule has 1 aromatic heterocycles. The maximum Gasteiger partial charge on any atom is 0.407 e. The van der Waals surface area contributed by atoms with E-state index >= 15 is 0 Å². The number of halogens is 1. The van der Waals surface area contributed by atoms with E-state index in [1.807, 2.05) is 58.0 Å². The van der Waals surface area contributed by atoms with Crippen molar-refractivity contribution >= 4 is 45.4 Å². The van der Waals surface area contributed by atoms with Crippen LogP contribution in [0.2, 0.25) is 5.02 Å². The minimum Gasteiger partial charge on any atom is -0.488 e. The van der Waals surface area contributed by atoms with Crippen LogP contribution in [-0.2, 0) is 26.4 Å². The van der Waals surface area contributed by atoms with E-state index in [-0.39, 0.29) is 17.9 Å². The molecule has 3 heterocycles. The lowest BCUT2D eigenvalue weighted by Crippen LogP contribution is -2.55. The zero-order valence-electron chi connectivity index (χ0n) is 24.4. The van der Waals surface area contributed by atoms with E-state index in [9.17, 15) is 9.59 Å². The van der Waals surface area contributed by atoms with Gasteiger partial charge in [-0.05, 0) is 66.6 Å². The highest BCUT2D eigenvalue weighted by Gasteiger charge is 2.50. The lowest BCUT2D eigenvalue weighted by molar-refractivity contribution is -0.139. The molecule has 6 rings (SSSR count). The van der Waals surface area contributed by atoms with Crippen molar-refractivity contribution in [2.24, 2.45) is 5.92 Å². The molecule has 4 aromatic rings. The number of carbonyl (C=O) groups excluding carboxylic acids is 2. The van der Waals surface area contributed by atoms with Gasteiger partial charge in [0.25, 0.3) is 0 Å². The van der Waals surface area contributed by atoms with Crippen molar-refractivity contribution < 1.29 is 23.8 Å². The number of nitrogens with zero attached hydrogens (tertiary/aromatic N) is 2. The molecule has 0 aliphatic carbocycles. The van der Waals surface area contributed by atoms with Crippen molar-refractivity contribution in [1.29, 1.82) is 0 Å². The van der Waals surface area contributed by atoms with Gasteiger partial charge in [-0.1, -0.05) is 37.6 Å². The third kappa shape index (κ3) is 4.74.